The van der Waals surface area contributed by atoms with Gasteiger partial charge in [0.05, 0.1) is 12.4 Å². The Kier molecular flexibility index (Phi) is 4.69. The molecule has 0 fully saturated rings. The summed E-state index contributed by atoms with van der Waals surface area (Å²) >= 11 is 1.61. The van der Waals surface area contributed by atoms with Crippen molar-refractivity contribution in [2.24, 2.45) is 4.99 Å². The summed E-state index contributed by atoms with van der Waals surface area (Å²) in [6.07, 6.45) is 5.68. The van der Waals surface area contributed by atoms with Crippen LogP contribution in [0.25, 0.3) is 0 Å². The molecule has 2 aliphatic heterocycles. The molecular weight excluding hydrogens is 362 g/mol. The largest absolute Gasteiger partial charge is 0.326 e. The molecule has 0 aliphatic carbocycles. The van der Waals surface area contributed by atoms with Crippen molar-refractivity contribution in [2.45, 2.75) is 18.7 Å². The fraction of sp³-hybridized carbons (Fsp3) is 0.167. The first-order valence-corrected chi connectivity index (χ1v) is 9.19. The molecular formula is C18H19N7OS+. The van der Waals surface area contributed by atoms with E-state index in [0.29, 0.717) is 0 Å². The summed E-state index contributed by atoms with van der Waals surface area (Å²) in [5.74, 6) is 1.56. The zero-order chi connectivity index (χ0) is 18.8. The van der Waals surface area contributed by atoms with Gasteiger partial charge in [-0.25, -0.2) is 4.99 Å². The van der Waals surface area contributed by atoms with Gasteiger partial charge in [0, 0.05) is 29.3 Å². The Hall–Kier alpha value is -3.04. The number of carbonyl (C=O) groups is 1. The smallest absolute Gasteiger partial charge is 0.285 e. The lowest BCUT2D eigenvalue weighted by Crippen LogP contribution is -2.38. The number of aromatic amines is 1. The number of aliphatic imine (C=N–C) groups is 1. The van der Waals surface area contributed by atoms with Gasteiger partial charge in [0.25, 0.3) is 12.2 Å². The van der Waals surface area contributed by atoms with Crippen LogP contribution < -0.4 is 15.5 Å². The van der Waals surface area contributed by atoms with Crippen molar-refractivity contribution in [3.8, 4) is 0 Å². The zero-order valence-corrected chi connectivity index (χ0v) is 15.7. The number of hydrogen-bond acceptors (Lipinski definition) is 7. The fourth-order valence-electron chi connectivity index (χ4n) is 2.76. The van der Waals surface area contributed by atoms with E-state index < -0.39 is 0 Å². The first-order valence-electron chi connectivity index (χ1n) is 8.41. The third-order valence-corrected chi connectivity index (χ3v) is 4.87. The zero-order valence-electron chi connectivity index (χ0n) is 14.9. The third-order valence-electron chi connectivity index (χ3n) is 3.92. The number of nitrogens with zero attached hydrogens (tertiary/aromatic N) is 4. The monoisotopic (exact) mass is 381 g/mol. The van der Waals surface area contributed by atoms with Crippen LogP contribution in [0.15, 0.2) is 64.1 Å². The minimum absolute atomic E-state index is 0.0769. The van der Waals surface area contributed by atoms with Crippen LogP contribution in [0.5, 0.6) is 0 Å². The number of hydrogen-bond donors (Lipinski definition) is 3. The van der Waals surface area contributed by atoms with Gasteiger partial charge >= 0.3 is 0 Å². The van der Waals surface area contributed by atoms with Crippen molar-refractivity contribution in [3.05, 3.63) is 59.9 Å². The van der Waals surface area contributed by atoms with E-state index in [0.717, 1.165) is 40.2 Å². The summed E-state index contributed by atoms with van der Waals surface area (Å²) in [5, 5.41) is 13.3. The van der Waals surface area contributed by atoms with E-state index in [-0.39, 0.29) is 5.91 Å². The van der Waals surface area contributed by atoms with Gasteiger partial charge in [-0.05, 0) is 48.0 Å². The number of carbonyl (C=O) groups excluding carboxylic acids is 1. The summed E-state index contributed by atoms with van der Waals surface area (Å²) in [6.45, 7) is 4.19. The van der Waals surface area contributed by atoms with Gasteiger partial charge in [0.2, 0.25) is 11.6 Å². The van der Waals surface area contributed by atoms with E-state index in [4.69, 9.17) is 0 Å². The molecule has 9 heteroatoms. The minimum Gasteiger partial charge on any atom is -0.326 e. The van der Waals surface area contributed by atoms with Crippen molar-refractivity contribution in [3.63, 3.8) is 0 Å². The summed E-state index contributed by atoms with van der Waals surface area (Å²) in [7, 11) is 0. The third kappa shape index (κ3) is 4.04. The number of fused-ring (bicyclic) bond motifs is 1. The molecule has 8 nitrogen and oxygen atoms in total. The van der Waals surface area contributed by atoms with E-state index in [1.165, 1.54) is 6.92 Å². The molecule has 137 valence electrons. The molecule has 3 heterocycles. The van der Waals surface area contributed by atoms with Crippen molar-refractivity contribution in [1.29, 1.82) is 0 Å². The highest BCUT2D eigenvalue weighted by atomic mass is 32.2. The minimum atomic E-state index is -0.0769. The van der Waals surface area contributed by atoms with Crippen LogP contribution in [0.1, 0.15) is 12.6 Å². The summed E-state index contributed by atoms with van der Waals surface area (Å²) < 4.78 is 2.13. The molecule has 2 aliphatic rings. The molecule has 1 aromatic carbocycles. The van der Waals surface area contributed by atoms with Gasteiger partial charge in [0.1, 0.15) is 6.54 Å². The maximum atomic E-state index is 11.1. The van der Waals surface area contributed by atoms with Gasteiger partial charge < -0.3 is 9.62 Å². The normalized spacial score (nSPS) is 16.0. The van der Waals surface area contributed by atoms with E-state index in [9.17, 15) is 4.79 Å². The van der Waals surface area contributed by atoms with Gasteiger partial charge in [0.15, 0.2) is 5.82 Å². The quantitative estimate of drug-likeness (QED) is 0.547. The highest BCUT2D eigenvalue weighted by Crippen LogP contribution is 2.31. The predicted molar refractivity (Wildman–Crippen MR) is 107 cm³/mol. The highest BCUT2D eigenvalue weighted by Gasteiger charge is 2.36. The Balaban J connectivity index is 1.51. The van der Waals surface area contributed by atoms with Crippen LogP contribution in [0, 0.1) is 6.92 Å². The fourth-order valence-corrected chi connectivity index (χ4v) is 3.64. The Morgan fingerprint density at radius 2 is 2.15 bits per heavy atom. The molecule has 1 amide bonds. The van der Waals surface area contributed by atoms with Crippen molar-refractivity contribution in [2.75, 3.05) is 17.2 Å². The second kappa shape index (κ2) is 7.29. The SMILES string of the molecule is CC(=O)Nc1ccc(SN2C=C(Nc3cc(C)[nH]n3)[N+]3C=NC=C3C2)cc1. The van der Waals surface area contributed by atoms with Crippen LogP contribution in [-0.2, 0) is 4.79 Å². The first kappa shape index (κ1) is 17.4. The molecule has 1 radical (unpaired) electrons. The average Bonchev–Trinajstić information content (AvgIpc) is 3.25. The molecule has 2 aromatic rings. The average molecular weight is 381 g/mol. The van der Waals surface area contributed by atoms with Crippen LogP contribution in [0.2, 0.25) is 0 Å². The predicted octanol–water partition coefficient (Wildman–Crippen LogP) is 2.93. The molecule has 3 N–H and O–H groups in total. The topological polar surface area (TPSA) is 91.3 Å². The molecule has 0 unspecified atom stereocenters. The number of amides is 1. The molecule has 0 saturated carbocycles. The number of benzene rings is 1. The standard InChI is InChI=1S/C18H19N7OS/c1-12-7-17(23-22-12)21-18-10-24(9-15-8-19-11-25(15)18)27-16-5-3-14(4-6-16)20-13(2)26/h3-8,10-11H,9H2,1-2H3,(H,20,26)(H2,21,22,23)/q+1. The van der Waals surface area contributed by atoms with Crippen molar-refractivity contribution >= 4 is 35.7 Å². The van der Waals surface area contributed by atoms with E-state index in [2.05, 4.69) is 30.1 Å². The maximum Gasteiger partial charge on any atom is 0.285 e. The number of aryl methyl sites for hydroxylation is 1. The summed E-state index contributed by atoms with van der Waals surface area (Å²) in [6, 6.07) is 9.71. The van der Waals surface area contributed by atoms with Crippen LogP contribution in [0.3, 0.4) is 0 Å². The number of rotatable bonds is 5. The van der Waals surface area contributed by atoms with Crippen LogP contribution in [0.4, 0.5) is 11.5 Å². The second-order valence-electron chi connectivity index (χ2n) is 6.20. The van der Waals surface area contributed by atoms with Crippen molar-refractivity contribution in [1.82, 2.24) is 19.4 Å². The second-order valence-corrected chi connectivity index (χ2v) is 7.33. The van der Waals surface area contributed by atoms with E-state index >= 15 is 0 Å². The van der Waals surface area contributed by atoms with Gasteiger partial charge in [-0.15, -0.1) is 0 Å². The lowest BCUT2D eigenvalue weighted by Gasteiger charge is -2.24. The number of anilines is 2. The maximum absolute atomic E-state index is 11.1. The molecule has 4 rings (SSSR count). The number of nitrogens with one attached hydrogen (secondary N) is 3. The molecule has 0 saturated heterocycles. The molecule has 0 atom stereocenters. The van der Waals surface area contributed by atoms with Gasteiger partial charge in [-0.1, -0.05) is 0 Å². The number of aromatic nitrogens is 2. The lowest BCUT2D eigenvalue weighted by atomic mass is 10.3. The van der Waals surface area contributed by atoms with E-state index in [1.807, 2.05) is 54.6 Å². The Labute approximate surface area is 161 Å². The Bertz CT molecular complexity index is 945. The first-order chi connectivity index (χ1) is 13.1. The van der Waals surface area contributed by atoms with Gasteiger partial charge in [-0.2, -0.15) is 5.10 Å². The van der Waals surface area contributed by atoms with Gasteiger partial charge in [-0.3, -0.25) is 15.2 Å². The summed E-state index contributed by atoms with van der Waals surface area (Å²) in [5.41, 5.74) is 2.86. The molecule has 1 aromatic heterocycles. The Morgan fingerprint density at radius 1 is 1.33 bits per heavy atom. The number of H-pyrrole nitrogens is 1. The molecule has 27 heavy (non-hydrogen) atoms. The van der Waals surface area contributed by atoms with Crippen LogP contribution in [-0.4, -0.2) is 33.3 Å². The van der Waals surface area contributed by atoms with E-state index in [1.54, 1.807) is 18.3 Å². The van der Waals surface area contributed by atoms with Crippen molar-refractivity contribution < 1.29 is 4.79 Å². The lowest BCUT2D eigenvalue weighted by molar-refractivity contribution is -0.114. The molecule has 0 bridgehead atoms. The summed E-state index contributed by atoms with van der Waals surface area (Å²) in [4.78, 5) is 18.5. The highest BCUT2D eigenvalue weighted by molar-refractivity contribution is 7.97. The van der Waals surface area contributed by atoms with Crippen LogP contribution >= 0.6 is 11.9 Å². The Morgan fingerprint density at radius 3 is 2.85 bits per heavy atom. The molecule has 0 spiro atoms.